The van der Waals surface area contributed by atoms with Gasteiger partial charge in [0.1, 0.15) is 11.5 Å². The number of hydrogen-bond acceptors (Lipinski definition) is 4. The molecule has 0 aliphatic carbocycles. The zero-order valence-electron chi connectivity index (χ0n) is 16.0. The molecular formula is C20H26FN3O3. The molecule has 1 aliphatic rings. The van der Waals surface area contributed by atoms with Crippen LogP contribution in [-0.2, 0) is 9.53 Å². The smallest absolute Gasteiger partial charge is 0.356 e. The second-order valence-corrected chi connectivity index (χ2v) is 7.47. The van der Waals surface area contributed by atoms with Crippen molar-refractivity contribution < 1.29 is 18.7 Å². The highest BCUT2D eigenvalue weighted by Gasteiger charge is 2.25. The Bertz CT molecular complexity index is 838. The van der Waals surface area contributed by atoms with Crippen LogP contribution in [0.1, 0.15) is 37.7 Å². The molecule has 1 aromatic heterocycles. The van der Waals surface area contributed by atoms with Crippen LogP contribution < -0.4 is 5.32 Å². The fourth-order valence-electron chi connectivity index (χ4n) is 3.95. The van der Waals surface area contributed by atoms with Crippen LogP contribution in [0, 0.1) is 17.7 Å². The van der Waals surface area contributed by atoms with Gasteiger partial charge in [0, 0.05) is 24.0 Å². The van der Waals surface area contributed by atoms with Crippen molar-refractivity contribution in [3.63, 3.8) is 0 Å². The molecule has 2 heterocycles. The molecule has 1 aromatic carbocycles. The van der Waals surface area contributed by atoms with E-state index in [2.05, 4.69) is 29.0 Å². The highest BCUT2D eigenvalue weighted by Crippen LogP contribution is 2.29. The molecule has 3 rings (SSSR count). The molecule has 1 fully saturated rings. The van der Waals surface area contributed by atoms with Crippen LogP contribution in [0.25, 0.3) is 10.9 Å². The molecule has 0 radical (unpaired) electrons. The molecule has 1 saturated heterocycles. The number of nitrogens with one attached hydrogen (secondary N) is 2. The number of H-pyrrole nitrogens is 1. The Morgan fingerprint density at radius 1 is 1.30 bits per heavy atom. The van der Waals surface area contributed by atoms with E-state index in [9.17, 15) is 14.0 Å². The van der Waals surface area contributed by atoms with Gasteiger partial charge in [-0.2, -0.15) is 0 Å². The van der Waals surface area contributed by atoms with E-state index in [1.165, 1.54) is 18.2 Å². The van der Waals surface area contributed by atoms with Crippen molar-refractivity contribution in [3.8, 4) is 0 Å². The topological polar surface area (TPSA) is 74.4 Å². The number of carbonyl (C=O) groups excluding carboxylic acids is 2. The van der Waals surface area contributed by atoms with E-state index in [1.807, 2.05) is 0 Å². The van der Waals surface area contributed by atoms with Crippen molar-refractivity contribution in [3.05, 3.63) is 29.7 Å². The van der Waals surface area contributed by atoms with Crippen LogP contribution >= 0.6 is 0 Å². The molecule has 0 spiro atoms. The predicted molar refractivity (Wildman–Crippen MR) is 102 cm³/mol. The van der Waals surface area contributed by atoms with Gasteiger partial charge in [-0.3, -0.25) is 9.69 Å². The predicted octanol–water partition coefficient (Wildman–Crippen LogP) is 3.40. The summed E-state index contributed by atoms with van der Waals surface area (Å²) in [4.78, 5) is 30.0. The zero-order valence-corrected chi connectivity index (χ0v) is 16.0. The molecule has 0 unspecified atom stereocenters. The van der Waals surface area contributed by atoms with Crippen molar-refractivity contribution in [2.75, 3.05) is 31.6 Å². The van der Waals surface area contributed by atoms with Crippen molar-refractivity contribution in [2.45, 2.75) is 27.2 Å². The van der Waals surface area contributed by atoms with Crippen molar-refractivity contribution in [1.82, 2.24) is 9.88 Å². The van der Waals surface area contributed by atoms with Gasteiger partial charge in [0.25, 0.3) is 0 Å². The SMILES string of the molecule is CCOC(=O)c1[nH]c2ccc(F)cc2c1NC(=O)CN1C[C@H](C)C[C@H](C)C1. The summed E-state index contributed by atoms with van der Waals surface area (Å²) in [6, 6.07) is 4.14. The van der Waals surface area contributed by atoms with Gasteiger partial charge in [-0.25, -0.2) is 9.18 Å². The van der Waals surface area contributed by atoms with Crippen molar-refractivity contribution >= 4 is 28.5 Å². The maximum atomic E-state index is 13.7. The number of nitrogens with zero attached hydrogens (tertiary/aromatic N) is 1. The van der Waals surface area contributed by atoms with E-state index in [0.717, 1.165) is 19.5 Å². The number of fused-ring (bicyclic) bond motifs is 1. The summed E-state index contributed by atoms with van der Waals surface area (Å²) in [5, 5.41) is 3.25. The van der Waals surface area contributed by atoms with E-state index in [-0.39, 0.29) is 30.4 Å². The monoisotopic (exact) mass is 375 g/mol. The standard InChI is InChI=1S/C20H26FN3O3/c1-4-27-20(26)19-18(15-8-14(21)5-6-16(15)22-19)23-17(25)11-24-9-12(2)7-13(3)10-24/h5-6,8,12-13,22H,4,7,9-11H2,1-3H3,(H,23,25)/t12-,13+. The first-order valence-electron chi connectivity index (χ1n) is 9.38. The maximum Gasteiger partial charge on any atom is 0.356 e. The number of aromatic amines is 1. The lowest BCUT2D eigenvalue weighted by molar-refractivity contribution is -0.117. The first-order valence-corrected chi connectivity index (χ1v) is 9.38. The number of benzene rings is 1. The van der Waals surface area contributed by atoms with E-state index in [0.29, 0.717) is 22.7 Å². The van der Waals surface area contributed by atoms with Crippen molar-refractivity contribution in [2.24, 2.45) is 11.8 Å². The second kappa shape index (κ2) is 8.08. The molecule has 0 bridgehead atoms. The summed E-state index contributed by atoms with van der Waals surface area (Å²) in [6.45, 7) is 8.25. The number of piperidine rings is 1. The third-order valence-electron chi connectivity index (χ3n) is 4.82. The average molecular weight is 375 g/mol. The Morgan fingerprint density at radius 3 is 2.67 bits per heavy atom. The lowest BCUT2D eigenvalue weighted by atomic mass is 9.92. The Labute approximate surface area is 158 Å². The number of halogens is 1. The van der Waals surface area contributed by atoms with E-state index >= 15 is 0 Å². The molecule has 27 heavy (non-hydrogen) atoms. The molecule has 2 N–H and O–H groups in total. The minimum atomic E-state index is -0.579. The number of ether oxygens (including phenoxy) is 1. The van der Waals surface area contributed by atoms with Crippen LogP contribution in [0.5, 0.6) is 0 Å². The van der Waals surface area contributed by atoms with Crippen molar-refractivity contribution in [1.29, 1.82) is 0 Å². The third-order valence-corrected chi connectivity index (χ3v) is 4.82. The zero-order chi connectivity index (χ0) is 19.6. The molecule has 0 saturated carbocycles. The highest BCUT2D eigenvalue weighted by molar-refractivity contribution is 6.11. The number of anilines is 1. The summed E-state index contributed by atoms with van der Waals surface area (Å²) >= 11 is 0. The van der Waals surface area contributed by atoms with E-state index in [1.54, 1.807) is 6.92 Å². The fraction of sp³-hybridized carbons (Fsp3) is 0.500. The molecule has 7 heteroatoms. The summed E-state index contributed by atoms with van der Waals surface area (Å²) in [7, 11) is 0. The number of rotatable bonds is 5. The van der Waals surface area contributed by atoms with Gasteiger partial charge < -0.3 is 15.0 Å². The van der Waals surface area contributed by atoms with Crippen LogP contribution in [0.2, 0.25) is 0 Å². The molecule has 146 valence electrons. The Morgan fingerprint density at radius 2 is 2.00 bits per heavy atom. The molecule has 1 aliphatic heterocycles. The first-order chi connectivity index (χ1) is 12.9. The van der Waals surface area contributed by atoms with Gasteiger partial charge in [-0.15, -0.1) is 0 Å². The minimum absolute atomic E-state index is 0.131. The van der Waals surface area contributed by atoms with E-state index in [4.69, 9.17) is 4.74 Å². The van der Waals surface area contributed by atoms with Gasteiger partial charge in [-0.1, -0.05) is 13.8 Å². The maximum absolute atomic E-state index is 13.7. The number of likely N-dealkylation sites (tertiary alicyclic amines) is 1. The molecule has 6 nitrogen and oxygen atoms in total. The fourth-order valence-corrected chi connectivity index (χ4v) is 3.95. The second-order valence-electron chi connectivity index (χ2n) is 7.47. The van der Waals surface area contributed by atoms with Gasteiger partial charge in [0.15, 0.2) is 0 Å². The van der Waals surface area contributed by atoms with Crippen LogP contribution in [0.3, 0.4) is 0 Å². The van der Waals surface area contributed by atoms with Gasteiger partial charge in [0.2, 0.25) is 5.91 Å². The lowest BCUT2D eigenvalue weighted by Gasteiger charge is -2.34. The Kier molecular flexibility index (Phi) is 5.79. The summed E-state index contributed by atoms with van der Waals surface area (Å²) in [5.41, 5.74) is 0.965. The molecule has 1 amide bonds. The molecule has 2 aromatic rings. The summed E-state index contributed by atoms with van der Waals surface area (Å²) < 4.78 is 18.8. The third kappa shape index (κ3) is 4.47. The summed E-state index contributed by atoms with van der Waals surface area (Å²) in [6.07, 6.45) is 1.16. The van der Waals surface area contributed by atoms with Gasteiger partial charge in [0.05, 0.1) is 18.8 Å². The quantitative estimate of drug-likeness (QED) is 0.786. The van der Waals surface area contributed by atoms with Gasteiger partial charge in [-0.05, 0) is 43.4 Å². The molecular weight excluding hydrogens is 349 g/mol. The van der Waals surface area contributed by atoms with Crippen LogP contribution in [0.15, 0.2) is 18.2 Å². The average Bonchev–Trinajstić information content (AvgIpc) is 2.92. The number of carbonyl (C=O) groups is 2. The minimum Gasteiger partial charge on any atom is -0.461 e. The van der Waals surface area contributed by atoms with Gasteiger partial charge >= 0.3 is 5.97 Å². The Balaban J connectivity index is 1.83. The Hall–Kier alpha value is -2.41. The summed E-state index contributed by atoms with van der Waals surface area (Å²) in [5.74, 6) is -0.166. The normalized spacial score (nSPS) is 20.6. The van der Waals surface area contributed by atoms with E-state index < -0.39 is 11.8 Å². The highest BCUT2D eigenvalue weighted by atomic mass is 19.1. The number of hydrogen-bond donors (Lipinski definition) is 2. The van der Waals surface area contributed by atoms with Crippen LogP contribution in [0.4, 0.5) is 10.1 Å². The first kappa shape index (κ1) is 19.4. The largest absolute Gasteiger partial charge is 0.461 e. The number of amides is 1. The number of esters is 1. The van der Waals surface area contributed by atoms with Crippen LogP contribution in [-0.4, -0.2) is 48.0 Å². The molecule has 2 atom stereocenters. The number of aromatic nitrogens is 1. The lowest BCUT2D eigenvalue weighted by Crippen LogP contribution is -2.42.